The molecule has 0 aliphatic carbocycles. The van der Waals surface area contributed by atoms with E-state index in [-0.39, 0.29) is 0 Å². The Bertz CT molecular complexity index is 392. The summed E-state index contributed by atoms with van der Waals surface area (Å²) >= 11 is 1.87. The number of rotatable bonds is 2. The Kier molecular flexibility index (Phi) is 2.40. The molecule has 0 fully saturated rings. The van der Waals surface area contributed by atoms with Crippen LogP contribution >= 0.6 is 11.3 Å². The van der Waals surface area contributed by atoms with Gasteiger partial charge in [-0.15, -0.1) is 11.3 Å². The van der Waals surface area contributed by atoms with Crippen LogP contribution in [0.1, 0.15) is 45.2 Å². The van der Waals surface area contributed by atoms with E-state index in [0.29, 0.717) is 12.0 Å². The van der Waals surface area contributed by atoms with E-state index in [9.17, 15) is 0 Å². The summed E-state index contributed by atoms with van der Waals surface area (Å²) in [5.41, 5.74) is 1.49. The third-order valence-electron chi connectivity index (χ3n) is 2.65. The molecule has 0 saturated heterocycles. The van der Waals surface area contributed by atoms with Crippen LogP contribution in [0, 0.1) is 0 Å². The maximum atomic E-state index is 2.35. The lowest BCUT2D eigenvalue weighted by molar-refractivity contribution is 0.626. The lowest BCUT2D eigenvalue weighted by Gasteiger charge is -2.06. The van der Waals surface area contributed by atoms with Gasteiger partial charge in [0, 0.05) is 17.6 Å². The van der Waals surface area contributed by atoms with E-state index in [1.165, 1.54) is 15.8 Å². The number of nitrogens with zero attached hydrogens (tertiary/aromatic N) is 1. The Morgan fingerprint density at radius 3 is 2.50 bits per heavy atom. The van der Waals surface area contributed by atoms with Crippen LogP contribution in [0.4, 0.5) is 0 Å². The second-order valence-corrected chi connectivity index (χ2v) is 5.24. The standard InChI is InChI=1S/C12H17NS/c1-8(2)11-7-14-12-10(11)5-6-13(12)9(3)4/h5-9H,1-4H3. The number of thiophene rings is 1. The number of hydrogen-bond donors (Lipinski definition) is 0. The average Bonchev–Trinajstić information content (AvgIpc) is 2.59. The fourth-order valence-corrected chi connectivity index (χ4v) is 3.16. The van der Waals surface area contributed by atoms with Crippen LogP contribution in [-0.2, 0) is 0 Å². The Labute approximate surface area is 89.4 Å². The molecule has 14 heavy (non-hydrogen) atoms. The molecule has 0 atom stereocenters. The van der Waals surface area contributed by atoms with E-state index in [4.69, 9.17) is 0 Å². The van der Waals surface area contributed by atoms with Crippen LogP contribution in [0.3, 0.4) is 0 Å². The number of fused-ring (bicyclic) bond motifs is 1. The number of aromatic nitrogens is 1. The van der Waals surface area contributed by atoms with E-state index >= 15 is 0 Å². The van der Waals surface area contributed by atoms with Crippen molar-refractivity contribution in [2.75, 3.05) is 0 Å². The second kappa shape index (κ2) is 3.43. The molecule has 76 valence electrons. The van der Waals surface area contributed by atoms with Gasteiger partial charge in [-0.05, 0) is 36.8 Å². The highest BCUT2D eigenvalue weighted by atomic mass is 32.1. The molecule has 0 aliphatic rings. The highest BCUT2D eigenvalue weighted by Gasteiger charge is 2.11. The van der Waals surface area contributed by atoms with Crippen molar-refractivity contribution in [3.8, 4) is 0 Å². The van der Waals surface area contributed by atoms with Crippen LogP contribution in [-0.4, -0.2) is 4.57 Å². The summed E-state index contributed by atoms with van der Waals surface area (Å²) in [6.07, 6.45) is 2.21. The highest BCUT2D eigenvalue weighted by molar-refractivity contribution is 7.17. The van der Waals surface area contributed by atoms with Crippen molar-refractivity contribution in [1.29, 1.82) is 0 Å². The Morgan fingerprint density at radius 2 is 1.93 bits per heavy atom. The van der Waals surface area contributed by atoms with Crippen LogP contribution < -0.4 is 0 Å². The molecule has 0 saturated carbocycles. The van der Waals surface area contributed by atoms with Crippen molar-refractivity contribution in [3.05, 3.63) is 23.2 Å². The quantitative estimate of drug-likeness (QED) is 0.687. The predicted octanol–water partition coefficient (Wildman–Crippen LogP) is 4.41. The van der Waals surface area contributed by atoms with Gasteiger partial charge in [-0.25, -0.2) is 0 Å². The van der Waals surface area contributed by atoms with E-state index in [0.717, 1.165) is 0 Å². The molecule has 0 aliphatic heterocycles. The normalized spacial score (nSPS) is 12.1. The van der Waals surface area contributed by atoms with Crippen LogP contribution in [0.15, 0.2) is 17.6 Å². The first kappa shape index (κ1) is 9.78. The molecule has 2 heteroatoms. The molecule has 0 unspecified atom stereocenters. The van der Waals surface area contributed by atoms with Crippen molar-refractivity contribution in [2.24, 2.45) is 0 Å². The van der Waals surface area contributed by atoms with Gasteiger partial charge in [0.2, 0.25) is 0 Å². The van der Waals surface area contributed by atoms with Crippen LogP contribution in [0.25, 0.3) is 10.2 Å². The van der Waals surface area contributed by atoms with Gasteiger partial charge < -0.3 is 4.57 Å². The lowest BCUT2D eigenvalue weighted by Crippen LogP contribution is -1.96. The molecule has 0 radical (unpaired) electrons. The summed E-state index contributed by atoms with van der Waals surface area (Å²) < 4.78 is 2.35. The summed E-state index contributed by atoms with van der Waals surface area (Å²) in [6.45, 7) is 8.98. The van der Waals surface area contributed by atoms with Crippen molar-refractivity contribution in [1.82, 2.24) is 4.57 Å². The lowest BCUT2D eigenvalue weighted by atomic mass is 10.1. The summed E-state index contributed by atoms with van der Waals surface area (Å²) in [6, 6.07) is 2.81. The van der Waals surface area contributed by atoms with Gasteiger partial charge in [0.15, 0.2) is 0 Å². The van der Waals surface area contributed by atoms with Gasteiger partial charge in [0.05, 0.1) is 0 Å². The molecule has 2 aromatic rings. The topological polar surface area (TPSA) is 4.93 Å². The zero-order chi connectivity index (χ0) is 10.3. The minimum absolute atomic E-state index is 0.561. The first-order valence-electron chi connectivity index (χ1n) is 5.19. The van der Waals surface area contributed by atoms with E-state index in [1.807, 2.05) is 11.3 Å². The van der Waals surface area contributed by atoms with Gasteiger partial charge in [-0.3, -0.25) is 0 Å². The second-order valence-electron chi connectivity index (χ2n) is 4.38. The van der Waals surface area contributed by atoms with Crippen molar-refractivity contribution < 1.29 is 0 Å². The minimum Gasteiger partial charge on any atom is -0.337 e. The van der Waals surface area contributed by atoms with Gasteiger partial charge in [-0.1, -0.05) is 13.8 Å². The summed E-state index contributed by atoms with van der Waals surface area (Å²) in [4.78, 5) is 1.42. The molecule has 1 nitrogen and oxygen atoms in total. The zero-order valence-corrected chi connectivity index (χ0v) is 10.1. The van der Waals surface area contributed by atoms with E-state index < -0.39 is 0 Å². The minimum atomic E-state index is 0.561. The molecule has 0 bridgehead atoms. The van der Waals surface area contributed by atoms with E-state index in [2.05, 4.69) is 49.9 Å². The molecular formula is C12H17NS. The largest absolute Gasteiger partial charge is 0.337 e. The maximum absolute atomic E-state index is 2.35. The molecule has 0 aromatic carbocycles. The fourth-order valence-electron chi connectivity index (χ4n) is 1.81. The molecule has 2 aromatic heterocycles. The molecule has 0 spiro atoms. The first-order valence-corrected chi connectivity index (χ1v) is 6.07. The Balaban J connectivity index is 2.61. The molecule has 2 heterocycles. The molecule has 0 amide bonds. The maximum Gasteiger partial charge on any atom is 0.103 e. The van der Waals surface area contributed by atoms with E-state index in [1.54, 1.807) is 0 Å². The highest BCUT2D eigenvalue weighted by Crippen LogP contribution is 2.33. The third-order valence-corrected chi connectivity index (χ3v) is 3.68. The zero-order valence-electron chi connectivity index (χ0n) is 9.24. The Morgan fingerprint density at radius 1 is 1.21 bits per heavy atom. The summed E-state index contributed by atoms with van der Waals surface area (Å²) in [7, 11) is 0. The van der Waals surface area contributed by atoms with Crippen LogP contribution in [0.5, 0.6) is 0 Å². The number of hydrogen-bond acceptors (Lipinski definition) is 1. The van der Waals surface area contributed by atoms with Gasteiger partial charge in [0.1, 0.15) is 4.83 Å². The SMILES string of the molecule is CC(C)c1csc2c1ccn2C(C)C. The smallest absolute Gasteiger partial charge is 0.103 e. The van der Waals surface area contributed by atoms with Crippen molar-refractivity contribution in [2.45, 2.75) is 39.7 Å². The van der Waals surface area contributed by atoms with Crippen molar-refractivity contribution >= 4 is 21.6 Å². The average molecular weight is 207 g/mol. The monoisotopic (exact) mass is 207 g/mol. The molecule has 0 N–H and O–H groups in total. The predicted molar refractivity (Wildman–Crippen MR) is 64.3 cm³/mol. The fraction of sp³-hybridized carbons (Fsp3) is 0.500. The molecular weight excluding hydrogens is 190 g/mol. The third kappa shape index (κ3) is 1.38. The van der Waals surface area contributed by atoms with Gasteiger partial charge >= 0.3 is 0 Å². The van der Waals surface area contributed by atoms with Crippen LogP contribution in [0.2, 0.25) is 0 Å². The Hall–Kier alpha value is -0.760. The molecule has 2 rings (SSSR count). The van der Waals surface area contributed by atoms with Gasteiger partial charge in [0.25, 0.3) is 0 Å². The van der Waals surface area contributed by atoms with Crippen molar-refractivity contribution in [3.63, 3.8) is 0 Å². The summed E-state index contributed by atoms with van der Waals surface area (Å²) in [5.74, 6) is 0.631. The van der Waals surface area contributed by atoms with Gasteiger partial charge in [-0.2, -0.15) is 0 Å². The summed E-state index contributed by atoms with van der Waals surface area (Å²) in [5, 5.41) is 3.74. The first-order chi connectivity index (χ1) is 6.61.